The van der Waals surface area contributed by atoms with Crippen LogP contribution < -0.4 is 5.32 Å². The molecule has 0 fully saturated rings. The highest BCUT2D eigenvalue weighted by atomic mass is 16.4. The number of hydrogen-bond acceptors (Lipinski definition) is 5. The summed E-state index contributed by atoms with van der Waals surface area (Å²) in [5, 5.41) is 14.6. The van der Waals surface area contributed by atoms with Crippen LogP contribution in [0.1, 0.15) is 22.3 Å². The Morgan fingerprint density at radius 2 is 2.05 bits per heavy atom. The second-order valence-corrected chi connectivity index (χ2v) is 4.80. The molecular weight excluding hydrogens is 282 g/mol. The largest absolute Gasteiger partial charge is 0.424 e. The Morgan fingerprint density at radius 3 is 2.73 bits per heavy atom. The molecule has 0 spiro atoms. The van der Waals surface area contributed by atoms with Crippen molar-refractivity contribution in [3.8, 4) is 11.3 Å². The topological polar surface area (TPSA) is 85.8 Å². The maximum Gasteiger partial charge on any atom is 0.269 e. The molecular formula is C15H15N5O2. The molecule has 3 aromatic rings. The van der Waals surface area contributed by atoms with Crippen LogP contribution in [0.3, 0.4) is 0 Å². The second-order valence-electron chi connectivity index (χ2n) is 4.80. The van der Waals surface area contributed by atoms with E-state index in [1.54, 1.807) is 24.7 Å². The van der Waals surface area contributed by atoms with Gasteiger partial charge < -0.3 is 9.73 Å². The number of nitrogens with one attached hydrogen (secondary N) is 1. The van der Waals surface area contributed by atoms with Gasteiger partial charge in [0.25, 0.3) is 5.91 Å². The summed E-state index contributed by atoms with van der Waals surface area (Å²) in [5.74, 6) is 0.598. The molecule has 0 aliphatic rings. The molecule has 1 aromatic carbocycles. The lowest BCUT2D eigenvalue weighted by Gasteiger charge is -2.01. The molecule has 0 saturated heterocycles. The second kappa shape index (κ2) is 5.80. The Hall–Kier alpha value is -2.96. The van der Waals surface area contributed by atoms with Crippen LogP contribution in [0.25, 0.3) is 11.3 Å². The molecule has 1 N–H and O–H groups in total. The molecule has 0 bridgehead atoms. The van der Waals surface area contributed by atoms with Gasteiger partial charge in [-0.25, -0.2) is 0 Å². The van der Waals surface area contributed by atoms with Crippen molar-refractivity contribution >= 4 is 5.91 Å². The third-order valence-electron chi connectivity index (χ3n) is 3.15. The van der Waals surface area contributed by atoms with E-state index >= 15 is 0 Å². The lowest BCUT2D eigenvalue weighted by atomic mass is 10.1. The van der Waals surface area contributed by atoms with Gasteiger partial charge in [-0.05, 0) is 6.07 Å². The summed E-state index contributed by atoms with van der Waals surface area (Å²) in [6.07, 6.45) is 0. The average Bonchev–Trinajstić information content (AvgIpc) is 3.12. The summed E-state index contributed by atoms with van der Waals surface area (Å²) in [6, 6.07) is 11.5. The number of hydrogen-bond donors (Lipinski definition) is 1. The van der Waals surface area contributed by atoms with Crippen LogP contribution >= 0.6 is 0 Å². The van der Waals surface area contributed by atoms with Gasteiger partial charge in [-0.15, -0.1) is 10.2 Å². The fourth-order valence-electron chi connectivity index (χ4n) is 2.09. The minimum absolute atomic E-state index is 0.186. The van der Waals surface area contributed by atoms with E-state index in [1.165, 1.54) is 0 Å². The molecule has 2 heterocycles. The fourth-order valence-corrected chi connectivity index (χ4v) is 2.09. The number of carbonyl (C=O) groups is 1. The average molecular weight is 297 g/mol. The Labute approximate surface area is 127 Å². The van der Waals surface area contributed by atoms with E-state index in [1.807, 2.05) is 30.3 Å². The van der Waals surface area contributed by atoms with Crippen molar-refractivity contribution in [1.29, 1.82) is 0 Å². The van der Waals surface area contributed by atoms with Gasteiger partial charge in [0.15, 0.2) is 0 Å². The number of aromatic nitrogens is 4. The number of rotatable bonds is 4. The van der Waals surface area contributed by atoms with Crippen molar-refractivity contribution in [3.63, 3.8) is 0 Å². The Morgan fingerprint density at radius 1 is 1.27 bits per heavy atom. The first-order chi connectivity index (χ1) is 10.6. The molecule has 0 aliphatic heterocycles. The van der Waals surface area contributed by atoms with Gasteiger partial charge in [0.2, 0.25) is 11.8 Å². The fraction of sp³-hybridized carbons (Fsp3) is 0.200. The number of benzene rings is 1. The Bertz CT molecular complexity index is 791. The molecule has 0 atom stereocenters. The highest BCUT2D eigenvalue weighted by molar-refractivity contribution is 5.93. The summed E-state index contributed by atoms with van der Waals surface area (Å²) in [6.45, 7) is 1.89. The van der Waals surface area contributed by atoms with Gasteiger partial charge in [0.1, 0.15) is 5.69 Å². The Balaban J connectivity index is 1.74. The van der Waals surface area contributed by atoms with E-state index in [2.05, 4.69) is 20.6 Å². The summed E-state index contributed by atoms with van der Waals surface area (Å²) < 4.78 is 6.77. The smallest absolute Gasteiger partial charge is 0.269 e. The van der Waals surface area contributed by atoms with Gasteiger partial charge in [-0.1, -0.05) is 30.3 Å². The number of aryl methyl sites for hydroxylation is 2. The summed E-state index contributed by atoms with van der Waals surface area (Å²) in [4.78, 5) is 12.2. The van der Waals surface area contributed by atoms with Gasteiger partial charge in [0, 0.05) is 19.5 Å². The summed E-state index contributed by atoms with van der Waals surface area (Å²) in [7, 11) is 1.73. The molecule has 22 heavy (non-hydrogen) atoms. The zero-order chi connectivity index (χ0) is 15.5. The SMILES string of the molecule is Cc1nnc(CNC(=O)c2cc(-c3ccccc3)nn2C)o1. The lowest BCUT2D eigenvalue weighted by molar-refractivity contribution is 0.0937. The van der Waals surface area contributed by atoms with Gasteiger partial charge >= 0.3 is 0 Å². The van der Waals surface area contributed by atoms with Gasteiger partial charge in [-0.2, -0.15) is 5.10 Å². The van der Waals surface area contributed by atoms with Crippen LogP contribution in [0.2, 0.25) is 0 Å². The maximum atomic E-state index is 12.2. The molecule has 0 aliphatic carbocycles. The molecule has 7 nitrogen and oxygen atoms in total. The number of nitrogens with zero attached hydrogens (tertiary/aromatic N) is 4. The third-order valence-corrected chi connectivity index (χ3v) is 3.15. The molecule has 112 valence electrons. The minimum Gasteiger partial charge on any atom is -0.424 e. The Kier molecular flexibility index (Phi) is 3.69. The minimum atomic E-state index is -0.243. The normalized spacial score (nSPS) is 10.6. The molecule has 7 heteroatoms. The van der Waals surface area contributed by atoms with Crippen LogP contribution in [0, 0.1) is 6.92 Å². The number of amides is 1. The molecule has 0 radical (unpaired) electrons. The van der Waals surface area contributed by atoms with Crippen molar-refractivity contribution in [1.82, 2.24) is 25.3 Å². The standard InChI is InChI=1S/C15H15N5O2/c1-10-17-18-14(22-10)9-16-15(21)13-8-12(19-20(13)2)11-6-4-3-5-7-11/h3-8H,9H2,1-2H3,(H,16,21). The van der Waals surface area contributed by atoms with Crippen molar-refractivity contribution < 1.29 is 9.21 Å². The monoisotopic (exact) mass is 297 g/mol. The highest BCUT2D eigenvalue weighted by Gasteiger charge is 2.15. The first kappa shape index (κ1) is 14.0. The predicted molar refractivity (Wildman–Crippen MR) is 78.8 cm³/mol. The predicted octanol–water partition coefficient (Wildman–Crippen LogP) is 1.71. The van der Waals surface area contributed by atoms with E-state index in [0.717, 1.165) is 11.3 Å². The molecule has 3 rings (SSSR count). The molecule has 0 saturated carbocycles. The summed E-state index contributed by atoms with van der Waals surface area (Å²) >= 11 is 0. The van der Waals surface area contributed by atoms with Crippen LogP contribution in [-0.4, -0.2) is 25.9 Å². The maximum absolute atomic E-state index is 12.2. The van der Waals surface area contributed by atoms with Crippen LogP contribution in [0.4, 0.5) is 0 Å². The first-order valence-electron chi connectivity index (χ1n) is 6.80. The van der Waals surface area contributed by atoms with Crippen molar-refractivity contribution in [2.75, 3.05) is 0 Å². The molecule has 2 aromatic heterocycles. The van der Waals surface area contributed by atoms with Gasteiger partial charge in [0.05, 0.1) is 12.2 Å². The van der Waals surface area contributed by atoms with E-state index < -0.39 is 0 Å². The molecule has 0 unspecified atom stereocenters. The van der Waals surface area contributed by atoms with Gasteiger partial charge in [-0.3, -0.25) is 9.48 Å². The third kappa shape index (κ3) is 2.88. The van der Waals surface area contributed by atoms with Crippen molar-refractivity contribution in [2.45, 2.75) is 13.5 Å². The zero-order valence-electron chi connectivity index (χ0n) is 12.3. The van der Waals surface area contributed by atoms with Crippen molar-refractivity contribution in [3.05, 3.63) is 53.9 Å². The van der Waals surface area contributed by atoms with Crippen LogP contribution in [0.15, 0.2) is 40.8 Å². The zero-order valence-corrected chi connectivity index (χ0v) is 12.3. The molecule has 1 amide bonds. The van der Waals surface area contributed by atoms with E-state index in [4.69, 9.17) is 4.42 Å². The summed E-state index contributed by atoms with van der Waals surface area (Å²) in [5.41, 5.74) is 2.18. The first-order valence-corrected chi connectivity index (χ1v) is 6.80. The van der Waals surface area contributed by atoms with E-state index in [-0.39, 0.29) is 12.5 Å². The quantitative estimate of drug-likeness (QED) is 0.792. The highest BCUT2D eigenvalue weighted by Crippen LogP contribution is 2.18. The lowest BCUT2D eigenvalue weighted by Crippen LogP contribution is -2.25. The van der Waals surface area contributed by atoms with E-state index in [9.17, 15) is 4.79 Å². The van der Waals surface area contributed by atoms with Crippen LogP contribution in [0.5, 0.6) is 0 Å². The van der Waals surface area contributed by atoms with Crippen LogP contribution in [-0.2, 0) is 13.6 Å². The number of carbonyl (C=O) groups excluding carboxylic acids is 1. The van der Waals surface area contributed by atoms with E-state index in [0.29, 0.717) is 17.5 Å². The van der Waals surface area contributed by atoms with Crippen molar-refractivity contribution in [2.24, 2.45) is 7.05 Å².